The number of anilines is 1. The standard InChI is InChI=1S/C20H18Cl2N2O3/c1-14-11-16(7-8-17(14)21)24(10-4-9-23)19(25)13-27-20(26)12-15-5-2-3-6-18(15)22/h2-3,5-8,11H,4,10,12-13H2,1H3. The Hall–Kier alpha value is -2.55. The van der Waals surface area contributed by atoms with Gasteiger partial charge in [0.25, 0.3) is 5.91 Å². The van der Waals surface area contributed by atoms with E-state index in [9.17, 15) is 9.59 Å². The number of hydrogen-bond acceptors (Lipinski definition) is 4. The van der Waals surface area contributed by atoms with Gasteiger partial charge in [-0.1, -0.05) is 41.4 Å². The van der Waals surface area contributed by atoms with E-state index in [2.05, 4.69) is 0 Å². The van der Waals surface area contributed by atoms with Crippen LogP contribution in [0.3, 0.4) is 0 Å². The average Bonchev–Trinajstić information content (AvgIpc) is 2.65. The summed E-state index contributed by atoms with van der Waals surface area (Å²) in [6.45, 7) is 1.59. The summed E-state index contributed by atoms with van der Waals surface area (Å²) in [5.74, 6) is -0.969. The van der Waals surface area contributed by atoms with Crippen molar-refractivity contribution in [2.75, 3.05) is 18.1 Å². The molecule has 0 saturated carbocycles. The van der Waals surface area contributed by atoms with Crippen molar-refractivity contribution in [3.8, 4) is 6.07 Å². The molecule has 0 aliphatic rings. The molecule has 2 aromatic rings. The van der Waals surface area contributed by atoms with Gasteiger partial charge < -0.3 is 9.64 Å². The summed E-state index contributed by atoms with van der Waals surface area (Å²) in [5, 5.41) is 9.89. The van der Waals surface area contributed by atoms with Gasteiger partial charge in [0.15, 0.2) is 6.61 Å². The van der Waals surface area contributed by atoms with Crippen molar-refractivity contribution in [2.45, 2.75) is 19.8 Å². The lowest BCUT2D eigenvalue weighted by molar-refractivity contribution is -0.147. The highest BCUT2D eigenvalue weighted by atomic mass is 35.5. The maximum atomic E-state index is 12.5. The minimum atomic E-state index is -0.552. The van der Waals surface area contributed by atoms with Gasteiger partial charge in [-0.2, -0.15) is 5.26 Å². The van der Waals surface area contributed by atoms with Crippen LogP contribution in [0.15, 0.2) is 42.5 Å². The van der Waals surface area contributed by atoms with Crippen LogP contribution in [0.5, 0.6) is 0 Å². The van der Waals surface area contributed by atoms with Crippen LogP contribution >= 0.6 is 23.2 Å². The molecule has 0 heterocycles. The van der Waals surface area contributed by atoms with Crippen molar-refractivity contribution in [2.24, 2.45) is 0 Å². The third-order valence-corrected chi connectivity index (χ3v) is 4.64. The summed E-state index contributed by atoms with van der Waals surface area (Å²) in [6, 6.07) is 14.1. The average molecular weight is 405 g/mol. The van der Waals surface area contributed by atoms with Crippen LogP contribution in [0.4, 0.5) is 5.69 Å². The first-order valence-electron chi connectivity index (χ1n) is 8.25. The summed E-state index contributed by atoms with van der Waals surface area (Å²) >= 11 is 12.0. The molecule has 0 radical (unpaired) electrons. The number of rotatable bonds is 7. The Morgan fingerprint density at radius 3 is 2.56 bits per heavy atom. The third-order valence-electron chi connectivity index (χ3n) is 3.85. The molecular formula is C20H18Cl2N2O3. The molecule has 27 heavy (non-hydrogen) atoms. The van der Waals surface area contributed by atoms with Crippen LogP contribution in [0.25, 0.3) is 0 Å². The number of aryl methyl sites for hydroxylation is 1. The second kappa shape index (κ2) is 9.96. The number of halogens is 2. The van der Waals surface area contributed by atoms with Gasteiger partial charge >= 0.3 is 5.97 Å². The highest BCUT2D eigenvalue weighted by Crippen LogP contribution is 2.23. The van der Waals surface area contributed by atoms with Gasteiger partial charge in [0.2, 0.25) is 0 Å². The van der Waals surface area contributed by atoms with Gasteiger partial charge in [-0.15, -0.1) is 0 Å². The smallest absolute Gasteiger partial charge is 0.310 e. The SMILES string of the molecule is Cc1cc(N(CCC#N)C(=O)COC(=O)Cc2ccccc2Cl)ccc1Cl. The molecule has 7 heteroatoms. The van der Waals surface area contributed by atoms with Gasteiger partial charge in [0, 0.05) is 22.3 Å². The lowest BCUT2D eigenvalue weighted by atomic mass is 10.1. The number of ether oxygens (including phenoxy) is 1. The summed E-state index contributed by atoms with van der Waals surface area (Å²) in [4.78, 5) is 26.0. The number of carbonyl (C=O) groups excluding carboxylic acids is 2. The van der Waals surface area contributed by atoms with Gasteiger partial charge in [-0.25, -0.2) is 0 Å². The maximum absolute atomic E-state index is 12.5. The molecule has 0 aliphatic carbocycles. The summed E-state index contributed by atoms with van der Waals surface area (Å²) in [7, 11) is 0. The molecule has 0 fully saturated rings. The fourth-order valence-electron chi connectivity index (χ4n) is 2.42. The minimum Gasteiger partial charge on any atom is -0.455 e. The van der Waals surface area contributed by atoms with Crippen molar-refractivity contribution >= 4 is 40.8 Å². The van der Waals surface area contributed by atoms with E-state index in [4.69, 9.17) is 33.2 Å². The molecule has 1 amide bonds. The lowest BCUT2D eigenvalue weighted by Gasteiger charge is -2.22. The molecule has 0 unspecified atom stereocenters. The zero-order chi connectivity index (χ0) is 19.8. The molecule has 5 nitrogen and oxygen atoms in total. The largest absolute Gasteiger partial charge is 0.455 e. The van der Waals surface area contributed by atoms with E-state index in [-0.39, 0.29) is 19.4 Å². The molecule has 140 valence electrons. The first kappa shape index (κ1) is 20.8. The van der Waals surface area contributed by atoms with Gasteiger partial charge in [0.1, 0.15) is 0 Å². The number of nitrogens with zero attached hydrogens (tertiary/aromatic N) is 2. The quantitative estimate of drug-likeness (QED) is 0.643. The first-order chi connectivity index (χ1) is 12.9. The second-order valence-corrected chi connectivity index (χ2v) is 6.63. The predicted molar refractivity (Wildman–Crippen MR) is 105 cm³/mol. The van der Waals surface area contributed by atoms with E-state index in [1.54, 1.807) is 42.5 Å². The van der Waals surface area contributed by atoms with Crippen molar-refractivity contribution in [1.82, 2.24) is 0 Å². The third kappa shape index (κ3) is 5.99. The highest BCUT2D eigenvalue weighted by Gasteiger charge is 2.18. The number of amides is 1. The number of nitriles is 1. The van der Waals surface area contributed by atoms with Gasteiger partial charge in [0.05, 0.1) is 18.9 Å². The van der Waals surface area contributed by atoms with E-state index in [1.807, 2.05) is 13.0 Å². The molecule has 2 rings (SSSR count). The first-order valence-corrected chi connectivity index (χ1v) is 9.00. The Morgan fingerprint density at radius 1 is 1.15 bits per heavy atom. The van der Waals surface area contributed by atoms with Crippen molar-refractivity contribution in [1.29, 1.82) is 5.26 Å². The molecule has 0 saturated heterocycles. The van der Waals surface area contributed by atoms with Crippen LogP contribution in [-0.2, 0) is 20.7 Å². The monoisotopic (exact) mass is 404 g/mol. The Balaban J connectivity index is 2.03. The topological polar surface area (TPSA) is 70.4 Å². The molecule has 0 aliphatic heterocycles. The molecule has 2 aromatic carbocycles. The lowest BCUT2D eigenvalue weighted by Crippen LogP contribution is -2.35. The Labute approximate surface area is 168 Å². The predicted octanol–water partition coefficient (Wildman–Crippen LogP) is 4.33. The van der Waals surface area contributed by atoms with Crippen molar-refractivity contribution in [3.05, 3.63) is 63.6 Å². The van der Waals surface area contributed by atoms with Crippen LogP contribution in [0.2, 0.25) is 10.0 Å². The summed E-state index contributed by atoms with van der Waals surface area (Å²) < 4.78 is 5.10. The number of benzene rings is 2. The van der Waals surface area contributed by atoms with Crippen LogP contribution < -0.4 is 4.90 Å². The zero-order valence-corrected chi connectivity index (χ0v) is 16.3. The van der Waals surface area contributed by atoms with Crippen molar-refractivity contribution in [3.63, 3.8) is 0 Å². The number of hydrogen-bond donors (Lipinski definition) is 0. The van der Waals surface area contributed by atoms with Crippen molar-refractivity contribution < 1.29 is 14.3 Å². The Morgan fingerprint density at radius 2 is 1.89 bits per heavy atom. The minimum absolute atomic E-state index is 0.0226. The Bertz CT molecular complexity index is 878. The van der Waals surface area contributed by atoms with Crippen LogP contribution in [-0.4, -0.2) is 25.0 Å². The number of esters is 1. The molecule has 0 N–H and O–H groups in total. The maximum Gasteiger partial charge on any atom is 0.310 e. The number of carbonyl (C=O) groups is 2. The van der Waals surface area contributed by atoms with E-state index in [0.717, 1.165) is 5.56 Å². The molecule has 0 bridgehead atoms. The van der Waals surface area contributed by atoms with Gasteiger partial charge in [-0.05, 0) is 42.3 Å². The highest BCUT2D eigenvalue weighted by molar-refractivity contribution is 6.31. The second-order valence-electron chi connectivity index (χ2n) is 5.82. The fourth-order valence-corrected chi connectivity index (χ4v) is 2.74. The Kier molecular flexibility index (Phi) is 7.66. The molecular weight excluding hydrogens is 387 g/mol. The zero-order valence-electron chi connectivity index (χ0n) is 14.7. The molecule has 0 spiro atoms. The van der Waals surface area contributed by atoms with E-state index in [0.29, 0.717) is 21.3 Å². The van der Waals surface area contributed by atoms with Crippen LogP contribution in [0, 0.1) is 18.3 Å². The normalized spacial score (nSPS) is 10.1. The van der Waals surface area contributed by atoms with E-state index in [1.165, 1.54) is 4.90 Å². The molecule has 0 aromatic heterocycles. The molecule has 0 atom stereocenters. The van der Waals surface area contributed by atoms with Crippen LogP contribution in [0.1, 0.15) is 17.5 Å². The fraction of sp³-hybridized carbons (Fsp3) is 0.250. The van der Waals surface area contributed by atoms with E-state index >= 15 is 0 Å². The summed E-state index contributed by atoms with van der Waals surface area (Å²) in [6.07, 6.45) is 0.131. The van der Waals surface area contributed by atoms with Gasteiger partial charge in [-0.3, -0.25) is 9.59 Å². The van der Waals surface area contributed by atoms with E-state index < -0.39 is 18.5 Å². The summed E-state index contributed by atoms with van der Waals surface area (Å²) in [5.41, 5.74) is 2.03.